The Labute approximate surface area is 143 Å². The Bertz CT molecular complexity index is 661. The lowest BCUT2D eigenvalue weighted by Crippen LogP contribution is -2.41. The molecule has 0 aliphatic rings. The van der Waals surface area contributed by atoms with E-state index in [0.29, 0.717) is 11.6 Å². The molecule has 23 heavy (non-hydrogen) atoms. The molecule has 1 heterocycles. The zero-order valence-electron chi connectivity index (χ0n) is 12.5. The predicted molar refractivity (Wildman–Crippen MR) is 90.4 cm³/mol. The van der Waals surface area contributed by atoms with Crippen molar-refractivity contribution in [1.82, 2.24) is 10.6 Å². The minimum atomic E-state index is -0.698. The van der Waals surface area contributed by atoms with Gasteiger partial charge in [-0.05, 0) is 17.5 Å². The number of benzene rings is 1. The molecule has 0 spiro atoms. The normalized spacial score (nSPS) is 11.7. The summed E-state index contributed by atoms with van der Waals surface area (Å²) in [7, 11) is 1.52. The van der Waals surface area contributed by atoms with Crippen LogP contribution >= 0.6 is 22.9 Å². The molecule has 2 N–H and O–H groups in total. The molecule has 1 aromatic heterocycles. The van der Waals surface area contributed by atoms with Gasteiger partial charge in [-0.25, -0.2) is 0 Å². The number of amides is 2. The number of carbonyl (C=O) groups excluding carboxylic acids is 2. The van der Waals surface area contributed by atoms with Crippen molar-refractivity contribution in [2.75, 3.05) is 13.7 Å². The van der Waals surface area contributed by atoms with Crippen LogP contribution in [0.15, 0.2) is 41.8 Å². The molecule has 0 aliphatic heterocycles. The molecule has 2 aromatic rings. The molecule has 122 valence electrons. The highest BCUT2D eigenvalue weighted by Crippen LogP contribution is 2.24. The highest BCUT2D eigenvalue weighted by atomic mass is 35.5. The minimum absolute atomic E-state index is 0.158. The van der Waals surface area contributed by atoms with E-state index in [1.807, 2.05) is 35.7 Å². The molecule has 7 heteroatoms. The van der Waals surface area contributed by atoms with Crippen molar-refractivity contribution in [1.29, 1.82) is 0 Å². The zero-order valence-corrected chi connectivity index (χ0v) is 14.1. The van der Waals surface area contributed by atoms with Crippen LogP contribution in [0.2, 0.25) is 5.02 Å². The fourth-order valence-electron chi connectivity index (χ4n) is 1.98. The number of halogens is 1. The van der Waals surface area contributed by atoms with Gasteiger partial charge in [0.05, 0.1) is 6.54 Å². The topological polar surface area (TPSA) is 67.4 Å². The average molecular weight is 353 g/mol. The van der Waals surface area contributed by atoms with E-state index < -0.39 is 17.9 Å². The molecular formula is C16H17ClN2O3S. The van der Waals surface area contributed by atoms with E-state index in [-0.39, 0.29) is 6.54 Å². The number of ether oxygens (including phenoxy) is 1. The first kappa shape index (κ1) is 17.5. The van der Waals surface area contributed by atoms with Crippen molar-refractivity contribution in [3.63, 3.8) is 0 Å². The molecule has 0 saturated heterocycles. The molecule has 0 aliphatic carbocycles. The summed E-state index contributed by atoms with van der Waals surface area (Å²) in [6, 6.07) is 11.0. The third-order valence-corrected chi connectivity index (χ3v) is 4.41. The largest absolute Gasteiger partial charge is 0.375 e. The second-order valence-corrected chi connectivity index (χ2v) is 6.16. The van der Waals surface area contributed by atoms with Crippen LogP contribution in [0.4, 0.5) is 0 Å². The van der Waals surface area contributed by atoms with Gasteiger partial charge in [0, 0.05) is 29.1 Å². The molecule has 5 nitrogen and oxygen atoms in total. The third-order valence-electron chi connectivity index (χ3n) is 3.19. The van der Waals surface area contributed by atoms with Gasteiger partial charge in [-0.2, -0.15) is 0 Å². The number of rotatable bonds is 6. The van der Waals surface area contributed by atoms with Gasteiger partial charge < -0.3 is 15.4 Å². The minimum Gasteiger partial charge on any atom is -0.375 e. The number of thiophene rings is 1. The molecule has 2 amide bonds. The lowest BCUT2D eigenvalue weighted by molar-refractivity contribution is -0.139. The van der Waals surface area contributed by atoms with Crippen LogP contribution in [-0.4, -0.2) is 25.5 Å². The van der Waals surface area contributed by atoms with E-state index >= 15 is 0 Å². The number of methoxy groups -OCH3 is 1. The first-order valence-corrected chi connectivity index (χ1v) is 8.23. The van der Waals surface area contributed by atoms with Crippen molar-refractivity contribution in [2.24, 2.45) is 0 Å². The van der Waals surface area contributed by atoms with Gasteiger partial charge in [0.1, 0.15) is 6.10 Å². The number of hydrogen-bond acceptors (Lipinski definition) is 4. The standard InChI is InChI=1S/C16H17ClN2O3S/c1-22-14(12-6-2-3-7-13(12)17)10-19-16(21)15(20)18-9-11-5-4-8-23-11/h2-8,14H,9-10H2,1H3,(H,18,20)(H,19,21)/t14-/m0/s1. The van der Waals surface area contributed by atoms with Gasteiger partial charge >= 0.3 is 11.8 Å². The van der Waals surface area contributed by atoms with Crippen molar-refractivity contribution in [3.8, 4) is 0 Å². The Morgan fingerprint density at radius 1 is 1.17 bits per heavy atom. The number of nitrogens with one attached hydrogen (secondary N) is 2. The maximum atomic E-state index is 11.8. The average Bonchev–Trinajstić information content (AvgIpc) is 3.07. The van der Waals surface area contributed by atoms with Crippen molar-refractivity contribution < 1.29 is 14.3 Å². The molecular weight excluding hydrogens is 336 g/mol. The summed E-state index contributed by atoms with van der Waals surface area (Å²) in [6.07, 6.45) is -0.419. The molecule has 0 fully saturated rings. The van der Waals surface area contributed by atoms with E-state index in [1.54, 1.807) is 6.07 Å². The Kier molecular flexibility index (Phi) is 6.58. The van der Waals surface area contributed by atoms with Crippen LogP contribution in [0.5, 0.6) is 0 Å². The zero-order chi connectivity index (χ0) is 16.7. The Hall–Kier alpha value is -1.89. The quantitative estimate of drug-likeness (QED) is 0.785. The van der Waals surface area contributed by atoms with Crippen LogP contribution in [0.25, 0.3) is 0 Å². The lowest BCUT2D eigenvalue weighted by Gasteiger charge is -2.17. The molecule has 1 atom stereocenters. The van der Waals surface area contributed by atoms with E-state index in [1.165, 1.54) is 18.4 Å². The monoisotopic (exact) mass is 352 g/mol. The summed E-state index contributed by atoms with van der Waals surface area (Å²) in [4.78, 5) is 24.6. The van der Waals surface area contributed by atoms with Gasteiger partial charge in [0.25, 0.3) is 0 Å². The van der Waals surface area contributed by atoms with Crippen molar-refractivity contribution >= 4 is 34.8 Å². The summed E-state index contributed by atoms with van der Waals surface area (Å²) in [5, 5.41) is 7.59. The Balaban J connectivity index is 1.84. The Morgan fingerprint density at radius 2 is 1.91 bits per heavy atom. The summed E-state index contributed by atoms with van der Waals surface area (Å²) in [6.45, 7) is 0.494. The smallest absolute Gasteiger partial charge is 0.309 e. The first-order valence-electron chi connectivity index (χ1n) is 6.97. The lowest BCUT2D eigenvalue weighted by atomic mass is 10.1. The second kappa shape index (κ2) is 8.67. The van der Waals surface area contributed by atoms with Gasteiger partial charge in [-0.15, -0.1) is 11.3 Å². The molecule has 0 bridgehead atoms. The van der Waals surface area contributed by atoms with Crippen LogP contribution in [0, 0.1) is 0 Å². The third kappa shape index (κ3) is 5.06. The van der Waals surface area contributed by atoms with Crippen molar-refractivity contribution in [3.05, 3.63) is 57.2 Å². The maximum absolute atomic E-state index is 11.8. The van der Waals surface area contributed by atoms with Gasteiger partial charge in [-0.1, -0.05) is 35.9 Å². The summed E-state index contributed by atoms with van der Waals surface area (Å²) >= 11 is 7.63. The molecule has 1 aromatic carbocycles. The number of carbonyl (C=O) groups is 2. The summed E-state index contributed by atoms with van der Waals surface area (Å²) in [5.41, 5.74) is 0.760. The van der Waals surface area contributed by atoms with Gasteiger partial charge in [0.2, 0.25) is 0 Å². The van der Waals surface area contributed by atoms with Gasteiger partial charge in [0.15, 0.2) is 0 Å². The van der Waals surface area contributed by atoms with E-state index in [0.717, 1.165) is 10.4 Å². The van der Waals surface area contributed by atoms with Crippen LogP contribution in [-0.2, 0) is 20.9 Å². The van der Waals surface area contributed by atoms with E-state index in [4.69, 9.17) is 16.3 Å². The maximum Gasteiger partial charge on any atom is 0.309 e. The highest BCUT2D eigenvalue weighted by molar-refractivity contribution is 7.09. The summed E-state index contributed by atoms with van der Waals surface area (Å²) in [5.74, 6) is -1.37. The van der Waals surface area contributed by atoms with Crippen LogP contribution in [0.3, 0.4) is 0 Å². The fourth-order valence-corrected chi connectivity index (χ4v) is 2.88. The highest BCUT2D eigenvalue weighted by Gasteiger charge is 2.18. The molecule has 0 saturated carbocycles. The van der Waals surface area contributed by atoms with E-state index in [2.05, 4.69) is 10.6 Å². The fraction of sp³-hybridized carbons (Fsp3) is 0.250. The predicted octanol–water partition coefficient (Wildman–Crippen LogP) is 2.52. The summed E-state index contributed by atoms with van der Waals surface area (Å²) < 4.78 is 5.34. The Morgan fingerprint density at radius 3 is 2.57 bits per heavy atom. The first-order chi connectivity index (χ1) is 11.1. The molecule has 2 rings (SSSR count). The van der Waals surface area contributed by atoms with E-state index in [9.17, 15) is 9.59 Å². The molecule has 0 unspecified atom stereocenters. The van der Waals surface area contributed by atoms with Crippen molar-refractivity contribution in [2.45, 2.75) is 12.6 Å². The van der Waals surface area contributed by atoms with Crippen LogP contribution in [0.1, 0.15) is 16.5 Å². The van der Waals surface area contributed by atoms with Crippen LogP contribution < -0.4 is 10.6 Å². The number of hydrogen-bond donors (Lipinski definition) is 2. The molecule has 0 radical (unpaired) electrons. The SMILES string of the molecule is CO[C@@H](CNC(=O)C(=O)NCc1cccs1)c1ccccc1Cl. The second-order valence-electron chi connectivity index (χ2n) is 4.72. The van der Waals surface area contributed by atoms with Gasteiger partial charge in [-0.3, -0.25) is 9.59 Å².